The molecule has 0 atom stereocenters. The number of aromatic nitrogens is 2. The molecule has 3 rings (SSSR count). The number of imidazole rings is 1. The summed E-state index contributed by atoms with van der Waals surface area (Å²) >= 11 is 0. The van der Waals surface area contributed by atoms with E-state index in [4.69, 9.17) is 9.47 Å². The Hall–Kier alpha value is -2.01. The van der Waals surface area contributed by atoms with Gasteiger partial charge in [0.1, 0.15) is 23.9 Å². The molecule has 2 aromatic rings. The molecule has 112 valence electrons. The molecule has 5 nitrogen and oxygen atoms in total. The summed E-state index contributed by atoms with van der Waals surface area (Å²) in [5.41, 5.74) is 1.12. The Balaban J connectivity index is 1.70. The van der Waals surface area contributed by atoms with Gasteiger partial charge in [-0.1, -0.05) is 0 Å². The fourth-order valence-electron chi connectivity index (χ4n) is 2.18. The number of ether oxygens (including phenoxy) is 2. The summed E-state index contributed by atoms with van der Waals surface area (Å²) in [6.07, 6.45) is 6.24. The monoisotopic (exact) mass is 287 g/mol. The van der Waals surface area contributed by atoms with E-state index in [1.54, 1.807) is 13.3 Å². The summed E-state index contributed by atoms with van der Waals surface area (Å²) in [5, 5.41) is 3.51. The van der Waals surface area contributed by atoms with Crippen LogP contribution >= 0.6 is 0 Å². The highest BCUT2D eigenvalue weighted by Gasteiger charge is 2.20. The zero-order chi connectivity index (χ0) is 14.7. The highest BCUT2D eigenvalue weighted by atomic mass is 16.5. The maximum atomic E-state index is 5.94. The lowest BCUT2D eigenvalue weighted by Gasteiger charge is -2.13. The molecule has 1 N–H and O–H groups in total. The molecule has 0 radical (unpaired) electrons. The smallest absolute Gasteiger partial charge is 0.146 e. The van der Waals surface area contributed by atoms with E-state index in [9.17, 15) is 0 Å². The molecule has 0 saturated heterocycles. The highest BCUT2D eigenvalue weighted by molar-refractivity contribution is 5.40. The number of nitrogens with one attached hydrogen (secondary N) is 1. The minimum absolute atomic E-state index is 0.465. The van der Waals surface area contributed by atoms with Crippen LogP contribution in [0.5, 0.6) is 11.5 Å². The van der Waals surface area contributed by atoms with E-state index in [0.717, 1.165) is 29.4 Å². The molecule has 1 aromatic carbocycles. The average Bonchev–Trinajstić information content (AvgIpc) is 3.25. The molecule has 0 spiro atoms. The quantitative estimate of drug-likeness (QED) is 0.848. The predicted octanol–water partition coefficient (Wildman–Crippen LogP) is 2.26. The number of rotatable bonds is 7. The van der Waals surface area contributed by atoms with Gasteiger partial charge in [0.2, 0.25) is 0 Å². The molecule has 1 fully saturated rings. The molecule has 21 heavy (non-hydrogen) atoms. The minimum atomic E-state index is 0.465. The van der Waals surface area contributed by atoms with Crippen molar-refractivity contribution < 1.29 is 9.47 Å². The van der Waals surface area contributed by atoms with Crippen LogP contribution in [0.1, 0.15) is 24.2 Å². The van der Waals surface area contributed by atoms with Gasteiger partial charge in [0.15, 0.2) is 0 Å². The van der Waals surface area contributed by atoms with Gasteiger partial charge in [-0.25, -0.2) is 4.98 Å². The fraction of sp³-hybridized carbons (Fsp3) is 0.438. The third-order valence-electron chi connectivity index (χ3n) is 3.70. The summed E-state index contributed by atoms with van der Waals surface area (Å²) in [7, 11) is 3.65. The van der Waals surface area contributed by atoms with E-state index in [-0.39, 0.29) is 0 Å². The lowest BCUT2D eigenvalue weighted by molar-refractivity contribution is 0.287. The third-order valence-corrected chi connectivity index (χ3v) is 3.70. The Morgan fingerprint density at radius 2 is 2.24 bits per heavy atom. The van der Waals surface area contributed by atoms with Crippen LogP contribution in [0, 0.1) is 0 Å². The topological polar surface area (TPSA) is 48.3 Å². The van der Waals surface area contributed by atoms with E-state index in [0.29, 0.717) is 12.6 Å². The van der Waals surface area contributed by atoms with Crippen molar-refractivity contribution in [2.24, 2.45) is 7.05 Å². The Morgan fingerprint density at radius 1 is 1.38 bits per heavy atom. The molecule has 1 aliphatic rings. The Bertz CT molecular complexity index is 605. The van der Waals surface area contributed by atoms with Crippen molar-refractivity contribution in [1.29, 1.82) is 0 Å². The molecule has 0 unspecified atom stereocenters. The van der Waals surface area contributed by atoms with Crippen LogP contribution in [0.3, 0.4) is 0 Å². The van der Waals surface area contributed by atoms with Crippen LogP contribution in [0.15, 0.2) is 30.6 Å². The van der Waals surface area contributed by atoms with Crippen molar-refractivity contribution in [2.45, 2.75) is 32.0 Å². The van der Waals surface area contributed by atoms with Crippen LogP contribution in [0.2, 0.25) is 0 Å². The lowest BCUT2D eigenvalue weighted by Crippen LogP contribution is -2.16. The van der Waals surface area contributed by atoms with Crippen LogP contribution in [-0.2, 0) is 20.2 Å². The number of aryl methyl sites for hydroxylation is 1. The number of benzene rings is 1. The van der Waals surface area contributed by atoms with Gasteiger partial charge in [-0.05, 0) is 31.0 Å². The maximum absolute atomic E-state index is 5.94. The minimum Gasteiger partial charge on any atom is -0.497 e. The first-order chi connectivity index (χ1) is 10.3. The summed E-state index contributed by atoms with van der Waals surface area (Å²) in [4.78, 5) is 4.28. The average molecular weight is 287 g/mol. The Labute approximate surface area is 124 Å². The number of hydrogen-bond donors (Lipinski definition) is 1. The first-order valence-electron chi connectivity index (χ1n) is 7.25. The van der Waals surface area contributed by atoms with Gasteiger partial charge < -0.3 is 19.4 Å². The summed E-state index contributed by atoms with van der Waals surface area (Å²) < 4.78 is 13.2. The maximum Gasteiger partial charge on any atom is 0.146 e. The van der Waals surface area contributed by atoms with Gasteiger partial charge >= 0.3 is 0 Å². The van der Waals surface area contributed by atoms with E-state index in [2.05, 4.69) is 10.3 Å². The molecular weight excluding hydrogens is 266 g/mol. The van der Waals surface area contributed by atoms with Crippen molar-refractivity contribution in [1.82, 2.24) is 14.9 Å². The van der Waals surface area contributed by atoms with E-state index >= 15 is 0 Å². The molecule has 0 bridgehead atoms. The van der Waals surface area contributed by atoms with Crippen molar-refractivity contribution in [3.8, 4) is 11.5 Å². The molecule has 1 heterocycles. The second-order valence-electron chi connectivity index (χ2n) is 5.37. The molecule has 0 aliphatic heterocycles. The SMILES string of the molecule is COc1ccc(OCc2nccn2C)c(CNC2CC2)c1. The number of methoxy groups -OCH3 is 1. The van der Waals surface area contributed by atoms with Crippen LogP contribution < -0.4 is 14.8 Å². The van der Waals surface area contributed by atoms with E-state index < -0.39 is 0 Å². The van der Waals surface area contributed by atoms with Crippen molar-refractivity contribution in [3.05, 3.63) is 42.0 Å². The van der Waals surface area contributed by atoms with Crippen LogP contribution in [0.4, 0.5) is 0 Å². The summed E-state index contributed by atoms with van der Waals surface area (Å²) in [6, 6.07) is 6.59. The Morgan fingerprint density at radius 3 is 2.90 bits per heavy atom. The second-order valence-corrected chi connectivity index (χ2v) is 5.37. The van der Waals surface area contributed by atoms with Gasteiger partial charge in [0.25, 0.3) is 0 Å². The van der Waals surface area contributed by atoms with Crippen molar-refractivity contribution in [2.75, 3.05) is 7.11 Å². The highest BCUT2D eigenvalue weighted by Crippen LogP contribution is 2.26. The van der Waals surface area contributed by atoms with Gasteiger partial charge in [0.05, 0.1) is 7.11 Å². The molecule has 1 aromatic heterocycles. The molecular formula is C16H21N3O2. The summed E-state index contributed by atoms with van der Waals surface area (Å²) in [5.74, 6) is 2.64. The lowest BCUT2D eigenvalue weighted by atomic mass is 10.2. The molecule has 1 aliphatic carbocycles. The first-order valence-corrected chi connectivity index (χ1v) is 7.25. The van der Waals surface area contributed by atoms with E-state index in [1.807, 2.05) is 36.0 Å². The standard InChI is InChI=1S/C16H21N3O2/c1-19-8-7-17-16(19)11-21-15-6-5-14(20-2)9-12(15)10-18-13-3-4-13/h5-9,13,18H,3-4,10-11H2,1-2H3. The first kappa shape index (κ1) is 13.9. The number of nitrogens with zero attached hydrogens (tertiary/aromatic N) is 2. The second kappa shape index (κ2) is 6.18. The van der Waals surface area contributed by atoms with Crippen molar-refractivity contribution >= 4 is 0 Å². The largest absolute Gasteiger partial charge is 0.497 e. The zero-order valence-corrected chi connectivity index (χ0v) is 12.5. The predicted molar refractivity (Wildman–Crippen MR) is 80.4 cm³/mol. The zero-order valence-electron chi connectivity index (χ0n) is 12.5. The molecule has 0 amide bonds. The van der Waals surface area contributed by atoms with Crippen molar-refractivity contribution in [3.63, 3.8) is 0 Å². The van der Waals surface area contributed by atoms with Crippen LogP contribution in [0.25, 0.3) is 0 Å². The normalized spacial score (nSPS) is 14.2. The Kier molecular flexibility index (Phi) is 4.10. The number of hydrogen-bond acceptors (Lipinski definition) is 4. The van der Waals surface area contributed by atoms with Crippen LogP contribution in [-0.4, -0.2) is 22.7 Å². The molecule has 5 heteroatoms. The third kappa shape index (κ3) is 3.55. The van der Waals surface area contributed by atoms with Gasteiger partial charge in [-0.2, -0.15) is 0 Å². The molecule has 1 saturated carbocycles. The fourth-order valence-corrected chi connectivity index (χ4v) is 2.18. The summed E-state index contributed by atoms with van der Waals surface area (Å²) in [6.45, 7) is 1.27. The van der Waals surface area contributed by atoms with E-state index in [1.165, 1.54) is 12.8 Å². The van der Waals surface area contributed by atoms with Gasteiger partial charge in [-0.15, -0.1) is 0 Å². The van der Waals surface area contributed by atoms with Gasteiger partial charge in [-0.3, -0.25) is 0 Å². The van der Waals surface area contributed by atoms with Gasteiger partial charge in [0, 0.05) is 37.6 Å².